The molecule has 3 nitrogen and oxygen atoms in total. The first kappa shape index (κ1) is 8.39. The minimum Gasteiger partial charge on any atom is -1.00 e. The topological polar surface area (TPSA) is 64.5 Å². The quantitative estimate of drug-likeness (QED) is 0.325. The zero-order valence-corrected chi connectivity index (χ0v) is 6.12. The normalized spacial score (nSPS) is 8.00. The van der Waals surface area contributed by atoms with Gasteiger partial charge >= 0.3 is 0 Å². The molecule has 0 bridgehead atoms. The molecule has 0 aromatic carbocycles. The van der Waals surface area contributed by atoms with Crippen LogP contribution in [0.4, 0.5) is 0 Å². The molecule has 1 aromatic heterocycles. The van der Waals surface area contributed by atoms with Gasteiger partial charge in [-0.15, -0.1) is 11.3 Å². The molecule has 0 aliphatic carbocycles. The van der Waals surface area contributed by atoms with Crippen molar-refractivity contribution in [3.63, 3.8) is 0 Å². The molecule has 0 fully saturated rings. The number of rotatable bonds is 1. The van der Waals surface area contributed by atoms with Gasteiger partial charge < -0.3 is 12.4 Å². The van der Waals surface area contributed by atoms with Crippen LogP contribution in [0.25, 0.3) is 0 Å². The molecule has 0 amide bonds. The molecule has 0 spiro atoms. The summed E-state index contributed by atoms with van der Waals surface area (Å²) in [6, 6.07) is 0. The largest absolute Gasteiger partial charge is 1.00 e. The second-order valence-corrected chi connectivity index (χ2v) is 2.19. The van der Waals surface area contributed by atoms with Crippen molar-refractivity contribution in [3.8, 4) is 0 Å². The Morgan fingerprint density at radius 2 is 2.44 bits per heavy atom. The number of hydrogen-bond donors (Lipinski definition) is 2. The van der Waals surface area contributed by atoms with E-state index in [1.807, 2.05) is 5.38 Å². The monoisotopic (exact) mass is 163 g/mol. The van der Waals surface area contributed by atoms with Crippen molar-refractivity contribution in [2.75, 3.05) is 0 Å². The minimum atomic E-state index is 0. The lowest BCUT2D eigenvalue weighted by Gasteiger charge is -1.76. The van der Waals surface area contributed by atoms with Gasteiger partial charge in [0.05, 0.1) is 0 Å². The predicted molar refractivity (Wildman–Crippen MR) is 32.3 cm³/mol. The molecular weight excluding hydrogens is 158 g/mol. The summed E-state index contributed by atoms with van der Waals surface area (Å²) in [6.45, 7) is 0. The number of amidine groups is 1. The van der Waals surface area contributed by atoms with Crippen molar-refractivity contribution in [2.24, 2.45) is 5.73 Å². The number of nitrogens with zero attached hydrogens (tertiary/aromatic N) is 1. The molecule has 0 saturated carbocycles. The maximum absolute atomic E-state index is 5.20. The van der Waals surface area contributed by atoms with Crippen LogP contribution in [0, 0.1) is 0 Å². The molecule has 0 unspecified atom stereocenters. The summed E-state index contributed by atoms with van der Waals surface area (Å²) in [5.74, 6) is 0.292. The molecule has 0 atom stereocenters. The van der Waals surface area contributed by atoms with Crippen LogP contribution in [0.5, 0.6) is 0 Å². The van der Waals surface area contributed by atoms with E-state index >= 15 is 0 Å². The van der Waals surface area contributed by atoms with E-state index in [9.17, 15) is 0 Å². The smallest absolute Gasteiger partial charge is 0.300 e. The molecule has 1 aromatic rings. The Kier molecular flexibility index (Phi) is 3.19. The van der Waals surface area contributed by atoms with Gasteiger partial charge in [-0.1, -0.05) is 0 Å². The van der Waals surface area contributed by atoms with Crippen molar-refractivity contribution in [1.82, 2.24) is 4.98 Å². The van der Waals surface area contributed by atoms with Gasteiger partial charge in [0, 0.05) is 11.6 Å². The van der Waals surface area contributed by atoms with Crippen LogP contribution >= 0.6 is 11.3 Å². The predicted octanol–water partition coefficient (Wildman–Crippen LogP) is -4.39. The lowest BCUT2D eigenvalue weighted by Crippen LogP contribution is -3.00. The van der Waals surface area contributed by atoms with Gasteiger partial charge in [0.1, 0.15) is 0 Å². The molecule has 0 saturated heterocycles. The molecule has 4 N–H and O–H groups in total. The summed E-state index contributed by atoms with van der Waals surface area (Å²) in [6.07, 6.45) is 1.67. The van der Waals surface area contributed by atoms with Gasteiger partial charge in [0.2, 0.25) is 5.01 Å². The first-order valence-corrected chi connectivity index (χ1v) is 2.96. The highest BCUT2D eigenvalue weighted by Gasteiger charge is 2.00. The third-order valence-corrected chi connectivity index (χ3v) is 1.50. The summed E-state index contributed by atoms with van der Waals surface area (Å²) in [7, 11) is 0. The lowest BCUT2D eigenvalue weighted by molar-refractivity contribution is -0.114. The van der Waals surface area contributed by atoms with Gasteiger partial charge in [-0.05, 0) is 0 Å². The lowest BCUT2D eigenvalue weighted by atomic mass is 10.6. The van der Waals surface area contributed by atoms with Gasteiger partial charge in [-0.2, -0.15) is 0 Å². The van der Waals surface area contributed by atoms with E-state index in [0.717, 1.165) is 0 Å². The highest BCUT2D eigenvalue weighted by molar-refractivity contribution is 7.11. The molecule has 1 rings (SSSR count). The van der Waals surface area contributed by atoms with Crippen LogP contribution in [0.2, 0.25) is 0 Å². The van der Waals surface area contributed by atoms with Crippen molar-refractivity contribution in [3.05, 3.63) is 16.6 Å². The Balaban J connectivity index is 0.000000640. The Morgan fingerprint density at radius 3 is 2.67 bits per heavy atom. The van der Waals surface area contributed by atoms with E-state index in [4.69, 9.17) is 11.1 Å². The van der Waals surface area contributed by atoms with Crippen LogP contribution in [0.3, 0.4) is 0 Å². The maximum atomic E-state index is 5.20. The number of nitrogens with two attached hydrogens (primary N) is 2. The van der Waals surface area contributed by atoms with Crippen molar-refractivity contribution in [2.45, 2.75) is 0 Å². The van der Waals surface area contributed by atoms with Crippen LogP contribution < -0.4 is 23.5 Å². The van der Waals surface area contributed by atoms with Gasteiger partial charge in [0.15, 0.2) is 0 Å². The van der Waals surface area contributed by atoms with Crippen molar-refractivity contribution < 1.29 is 17.8 Å². The fourth-order valence-electron chi connectivity index (χ4n) is 0.366. The molecule has 0 aliphatic heterocycles. The zero-order valence-electron chi connectivity index (χ0n) is 4.54. The molecule has 5 heteroatoms. The Morgan fingerprint density at radius 1 is 1.78 bits per heavy atom. The van der Waals surface area contributed by atoms with Gasteiger partial charge in [-0.25, -0.2) is 4.98 Å². The number of thiazole rings is 1. The van der Waals surface area contributed by atoms with Crippen LogP contribution in [-0.2, 0) is 0 Å². The van der Waals surface area contributed by atoms with E-state index in [1.54, 1.807) is 6.20 Å². The summed E-state index contributed by atoms with van der Waals surface area (Å²) in [5.41, 5.74) is 5.20. The standard InChI is InChI=1S/C4H5N3S.ClH/c5-3(6)4-7-1-2-8-4;/h1-2H,(H3,5,6);1H. The van der Waals surface area contributed by atoms with Crippen molar-refractivity contribution >= 4 is 17.2 Å². The molecular formula is C4H6ClN3S. The SMILES string of the molecule is NC(=[NH2+])c1nccs1.[Cl-]. The van der Waals surface area contributed by atoms with Crippen LogP contribution in [-0.4, -0.2) is 10.8 Å². The molecule has 9 heavy (non-hydrogen) atoms. The summed E-state index contributed by atoms with van der Waals surface area (Å²) < 4.78 is 0. The molecule has 1 heterocycles. The summed E-state index contributed by atoms with van der Waals surface area (Å²) >= 11 is 1.43. The summed E-state index contributed by atoms with van der Waals surface area (Å²) in [5, 5.41) is 7.73. The van der Waals surface area contributed by atoms with Crippen molar-refractivity contribution in [1.29, 1.82) is 0 Å². The fraction of sp³-hybridized carbons (Fsp3) is 0. The summed E-state index contributed by atoms with van der Waals surface area (Å²) in [4.78, 5) is 3.85. The maximum Gasteiger partial charge on any atom is 0.300 e. The molecule has 50 valence electrons. The Hall–Kier alpha value is -0.610. The van der Waals surface area contributed by atoms with Crippen LogP contribution in [0.15, 0.2) is 11.6 Å². The second kappa shape index (κ2) is 3.42. The van der Waals surface area contributed by atoms with Gasteiger partial charge in [0.25, 0.3) is 5.84 Å². The minimum absolute atomic E-state index is 0. The second-order valence-electron chi connectivity index (χ2n) is 1.29. The Bertz CT molecular complexity index is 184. The molecule has 0 radical (unpaired) electrons. The number of halogens is 1. The number of aromatic nitrogens is 1. The highest BCUT2D eigenvalue weighted by atomic mass is 35.5. The average Bonchev–Trinajstić information content (AvgIpc) is 2.12. The third kappa shape index (κ3) is 1.99. The van der Waals surface area contributed by atoms with E-state index in [2.05, 4.69) is 4.98 Å². The highest BCUT2D eigenvalue weighted by Crippen LogP contribution is 1.99. The van der Waals surface area contributed by atoms with Crippen LogP contribution in [0.1, 0.15) is 5.01 Å². The third-order valence-electron chi connectivity index (χ3n) is 0.679. The first-order chi connectivity index (χ1) is 3.80. The first-order valence-electron chi connectivity index (χ1n) is 2.08. The average molecular weight is 164 g/mol. The van der Waals surface area contributed by atoms with E-state index in [-0.39, 0.29) is 12.4 Å². The van der Waals surface area contributed by atoms with Gasteiger partial charge in [-0.3, -0.25) is 11.1 Å². The van der Waals surface area contributed by atoms with E-state index in [1.165, 1.54) is 11.3 Å². The zero-order chi connectivity index (χ0) is 5.98. The number of hydrogen-bond acceptors (Lipinski definition) is 2. The molecule has 0 aliphatic rings. The van der Waals surface area contributed by atoms with E-state index in [0.29, 0.717) is 10.8 Å². The Labute approximate surface area is 62.8 Å². The fourth-order valence-corrected chi connectivity index (χ4v) is 0.874. The van der Waals surface area contributed by atoms with E-state index < -0.39 is 0 Å².